The van der Waals surface area contributed by atoms with Crippen molar-refractivity contribution < 1.29 is 17.5 Å². The third kappa shape index (κ3) is 17.8. The Hall–Kier alpha value is -0.230. The van der Waals surface area contributed by atoms with Crippen molar-refractivity contribution in [3.05, 3.63) is 67.8 Å². The van der Waals surface area contributed by atoms with Crippen molar-refractivity contribution >= 4 is 55.6 Å². The molecule has 0 bridgehead atoms. The lowest BCUT2D eigenvalue weighted by atomic mass is 10.4. The molecule has 0 aliphatic carbocycles. The van der Waals surface area contributed by atoms with E-state index < -0.39 is 10.4 Å². The number of hydrogen-bond donors (Lipinski definition) is 2. The summed E-state index contributed by atoms with van der Waals surface area (Å²) in [6.45, 7) is 0. The van der Waals surface area contributed by atoms with Crippen LogP contribution in [-0.4, -0.2) is 17.5 Å². The Morgan fingerprint density at radius 1 is 0.684 bits per heavy atom. The van der Waals surface area contributed by atoms with Crippen LogP contribution >= 0.6 is 45.2 Å². The van der Waals surface area contributed by atoms with Crippen LogP contribution in [0.5, 0.6) is 0 Å². The van der Waals surface area contributed by atoms with Crippen LogP contribution in [0.1, 0.15) is 0 Å². The predicted octanol–water partition coefficient (Wildman–Crippen LogP) is 3.93. The maximum Gasteiger partial charge on any atom is 0.394 e. The van der Waals surface area contributed by atoms with E-state index in [0.29, 0.717) is 0 Å². The van der Waals surface area contributed by atoms with E-state index in [2.05, 4.69) is 69.4 Å². The van der Waals surface area contributed by atoms with Crippen molar-refractivity contribution in [3.8, 4) is 0 Å². The van der Waals surface area contributed by atoms with Gasteiger partial charge in [0.05, 0.1) is 0 Å². The maximum absolute atomic E-state index is 8.74. The smallest absolute Gasteiger partial charge is 0.264 e. The second kappa shape index (κ2) is 10.5. The van der Waals surface area contributed by atoms with Gasteiger partial charge in [0.2, 0.25) is 0 Å². The Kier molecular flexibility index (Phi) is 10.4. The lowest BCUT2D eigenvalue weighted by Gasteiger charge is -1.80. The molecule has 0 aromatic heterocycles. The number of rotatable bonds is 0. The first-order chi connectivity index (χ1) is 8.79. The van der Waals surface area contributed by atoms with Crippen molar-refractivity contribution in [3.63, 3.8) is 0 Å². The van der Waals surface area contributed by atoms with E-state index in [1.165, 1.54) is 7.14 Å². The van der Waals surface area contributed by atoms with Gasteiger partial charge in [0.25, 0.3) is 0 Å². The highest BCUT2D eigenvalue weighted by Gasteiger charge is 1.84. The molecule has 0 aliphatic heterocycles. The minimum Gasteiger partial charge on any atom is -0.264 e. The van der Waals surface area contributed by atoms with Crippen molar-refractivity contribution in [1.82, 2.24) is 0 Å². The number of benzene rings is 2. The van der Waals surface area contributed by atoms with Crippen LogP contribution in [0, 0.1) is 7.14 Å². The minimum absolute atomic E-state index is 1.29. The third-order valence-corrected chi connectivity index (χ3v) is 2.90. The van der Waals surface area contributed by atoms with Crippen molar-refractivity contribution in [1.29, 1.82) is 0 Å². The molecule has 0 spiro atoms. The van der Waals surface area contributed by atoms with E-state index in [9.17, 15) is 0 Å². The number of halogens is 2. The summed E-state index contributed by atoms with van der Waals surface area (Å²) in [5.41, 5.74) is 0. The second-order valence-corrected chi connectivity index (χ2v) is 6.43. The van der Waals surface area contributed by atoms with E-state index in [1.807, 2.05) is 36.4 Å². The predicted molar refractivity (Wildman–Crippen MR) is 92.5 cm³/mol. The van der Waals surface area contributed by atoms with Crippen molar-refractivity contribution in [2.75, 3.05) is 0 Å². The first kappa shape index (κ1) is 18.8. The second-order valence-electron chi connectivity index (χ2n) is 3.04. The third-order valence-electron chi connectivity index (χ3n) is 1.47. The molecule has 0 saturated carbocycles. The molecule has 19 heavy (non-hydrogen) atoms. The van der Waals surface area contributed by atoms with Gasteiger partial charge in [-0.25, -0.2) is 0 Å². The molecule has 0 saturated heterocycles. The van der Waals surface area contributed by atoms with Gasteiger partial charge in [0.15, 0.2) is 0 Å². The zero-order valence-electron chi connectivity index (χ0n) is 9.65. The summed E-state index contributed by atoms with van der Waals surface area (Å²) in [4.78, 5) is 0. The lowest BCUT2D eigenvalue weighted by Crippen LogP contribution is -1.89. The largest absolute Gasteiger partial charge is 0.394 e. The quantitative estimate of drug-likeness (QED) is 0.420. The van der Waals surface area contributed by atoms with E-state index in [4.69, 9.17) is 17.5 Å². The highest BCUT2D eigenvalue weighted by Crippen LogP contribution is 2.00. The molecule has 0 fully saturated rings. The van der Waals surface area contributed by atoms with Gasteiger partial charge in [-0.1, -0.05) is 36.4 Å². The molecule has 7 heteroatoms. The average Bonchev–Trinajstić information content (AvgIpc) is 2.29. The molecule has 4 nitrogen and oxygen atoms in total. The number of hydrogen-bond acceptors (Lipinski definition) is 2. The molecule has 0 atom stereocenters. The summed E-state index contributed by atoms with van der Waals surface area (Å²) in [6.07, 6.45) is 0. The van der Waals surface area contributed by atoms with Gasteiger partial charge in [-0.2, -0.15) is 8.42 Å². The summed E-state index contributed by atoms with van der Waals surface area (Å²) < 4.78 is 34.2. The van der Waals surface area contributed by atoms with Gasteiger partial charge in [-0.05, 0) is 69.4 Å². The summed E-state index contributed by atoms with van der Waals surface area (Å²) in [7, 11) is -4.67. The Morgan fingerprint density at radius 3 is 1.00 bits per heavy atom. The zero-order chi connectivity index (χ0) is 14.7. The molecule has 2 aromatic carbocycles. The fourth-order valence-corrected chi connectivity index (χ4v) is 1.66. The first-order valence-electron chi connectivity index (χ1n) is 4.90. The molecular formula is C12H12I2O4S. The molecule has 0 amide bonds. The summed E-state index contributed by atoms with van der Waals surface area (Å²) in [5, 5.41) is 0. The zero-order valence-corrected chi connectivity index (χ0v) is 14.8. The van der Waals surface area contributed by atoms with Crippen LogP contribution in [-0.2, 0) is 10.4 Å². The fourth-order valence-electron chi connectivity index (χ4n) is 0.829. The minimum atomic E-state index is -4.67. The van der Waals surface area contributed by atoms with Gasteiger partial charge in [-0.3, -0.25) is 9.11 Å². The monoisotopic (exact) mass is 506 g/mol. The van der Waals surface area contributed by atoms with Gasteiger partial charge < -0.3 is 0 Å². The van der Waals surface area contributed by atoms with Crippen LogP contribution in [0.3, 0.4) is 0 Å². The Balaban J connectivity index is 0.000000261. The normalized spacial score (nSPS) is 9.47. The standard InChI is InChI=1S/2C6H5I.H2O4S/c2*7-6-4-2-1-3-5-6;1-5(2,3)4/h2*1-5H;(H2,1,2,3,4). The Labute approximate surface area is 140 Å². The molecule has 0 radical (unpaired) electrons. The van der Waals surface area contributed by atoms with Gasteiger partial charge >= 0.3 is 10.4 Å². The molecule has 2 N–H and O–H groups in total. The summed E-state index contributed by atoms with van der Waals surface area (Å²) in [6, 6.07) is 20.4. The average molecular weight is 506 g/mol. The van der Waals surface area contributed by atoms with E-state index in [1.54, 1.807) is 0 Å². The van der Waals surface area contributed by atoms with Crippen LogP contribution in [0.4, 0.5) is 0 Å². The van der Waals surface area contributed by atoms with Gasteiger partial charge in [0, 0.05) is 7.14 Å². The van der Waals surface area contributed by atoms with Gasteiger partial charge in [-0.15, -0.1) is 0 Å². The Bertz CT molecular complexity index is 499. The van der Waals surface area contributed by atoms with Crippen LogP contribution in [0.15, 0.2) is 60.7 Å². The topological polar surface area (TPSA) is 74.6 Å². The lowest BCUT2D eigenvalue weighted by molar-refractivity contribution is 0.381. The highest BCUT2D eigenvalue weighted by atomic mass is 127. The maximum atomic E-state index is 8.74. The van der Waals surface area contributed by atoms with Gasteiger partial charge in [0.1, 0.15) is 0 Å². The van der Waals surface area contributed by atoms with Crippen LogP contribution in [0.2, 0.25) is 0 Å². The summed E-state index contributed by atoms with van der Waals surface area (Å²) >= 11 is 4.56. The SMILES string of the molecule is Ic1ccccc1.Ic1ccccc1.O=S(=O)(O)O. The van der Waals surface area contributed by atoms with E-state index in [-0.39, 0.29) is 0 Å². The molecule has 0 heterocycles. The molecular weight excluding hydrogens is 494 g/mol. The van der Waals surface area contributed by atoms with E-state index >= 15 is 0 Å². The van der Waals surface area contributed by atoms with Crippen molar-refractivity contribution in [2.24, 2.45) is 0 Å². The Morgan fingerprint density at radius 2 is 0.895 bits per heavy atom. The molecule has 0 aliphatic rings. The van der Waals surface area contributed by atoms with E-state index in [0.717, 1.165) is 0 Å². The van der Waals surface area contributed by atoms with Crippen molar-refractivity contribution in [2.45, 2.75) is 0 Å². The highest BCUT2D eigenvalue weighted by molar-refractivity contribution is 14.1. The molecule has 104 valence electrons. The molecule has 2 aromatic rings. The fraction of sp³-hybridized carbons (Fsp3) is 0. The summed E-state index contributed by atoms with van der Waals surface area (Å²) in [5.74, 6) is 0. The van der Waals surface area contributed by atoms with Crippen LogP contribution < -0.4 is 0 Å². The molecule has 2 rings (SSSR count). The van der Waals surface area contributed by atoms with Crippen LogP contribution in [0.25, 0.3) is 0 Å². The molecule has 0 unspecified atom stereocenters. The first-order valence-corrected chi connectivity index (χ1v) is 8.45.